The third-order valence-electron chi connectivity index (χ3n) is 3.05. The maximum Gasteiger partial charge on any atom is 0.0641 e. The van der Waals surface area contributed by atoms with Crippen molar-refractivity contribution in [3.05, 3.63) is 23.8 Å². The van der Waals surface area contributed by atoms with E-state index in [1.807, 2.05) is 26.8 Å². The Labute approximate surface area is 116 Å². The lowest BCUT2D eigenvalue weighted by Gasteiger charge is -2.25. The molecular weight excluding hydrogens is 240 g/mol. The standard InChI is InChI=1S/C15H26N2O2/c1-4-18-10-8-17(9-11-19-5-2)14-7-6-13(3)15(16)12-14/h6-7,12H,4-5,8-11,16H2,1-3H3. The van der Waals surface area contributed by atoms with Crippen LogP contribution in [0.15, 0.2) is 18.2 Å². The van der Waals surface area contributed by atoms with Gasteiger partial charge < -0.3 is 20.1 Å². The van der Waals surface area contributed by atoms with Crippen molar-refractivity contribution < 1.29 is 9.47 Å². The van der Waals surface area contributed by atoms with Gasteiger partial charge in [-0.15, -0.1) is 0 Å². The van der Waals surface area contributed by atoms with Gasteiger partial charge in [-0.3, -0.25) is 0 Å². The van der Waals surface area contributed by atoms with E-state index < -0.39 is 0 Å². The fraction of sp³-hybridized carbons (Fsp3) is 0.600. The van der Waals surface area contributed by atoms with E-state index in [0.717, 1.165) is 56.5 Å². The molecule has 4 nitrogen and oxygen atoms in total. The van der Waals surface area contributed by atoms with Crippen LogP contribution in [0.4, 0.5) is 11.4 Å². The van der Waals surface area contributed by atoms with Gasteiger partial charge in [-0.05, 0) is 38.5 Å². The first-order valence-electron chi connectivity index (χ1n) is 6.95. The first-order valence-corrected chi connectivity index (χ1v) is 6.95. The molecule has 0 unspecified atom stereocenters. The van der Waals surface area contributed by atoms with Crippen LogP contribution in [0.25, 0.3) is 0 Å². The monoisotopic (exact) mass is 266 g/mol. The van der Waals surface area contributed by atoms with Crippen LogP contribution in [0.2, 0.25) is 0 Å². The fourth-order valence-electron chi connectivity index (χ4n) is 1.83. The third kappa shape index (κ3) is 5.49. The molecule has 0 radical (unpaired) electrons. The predicted octanol–water partition coefficient (Wildman–Crippen LogP) is 2.46. The molecule has 0 aliphatic rings. The molecule has 2 N–H and O–H groups in total. The van der Waals surface area contributed by atoms with E-state index in [9.17, 15) is 0 Å². The zero-order chi connectivity index (χ0) is 14.1. The summed E-state index contributed by atoms with van der Waals surface area (Å²) in [7, 11) is 0. The second kappa shape index (κ2) is 8.77. The summed E-state index contributed by atoms with van der Waals surface area (Å²) in [4.78, 5) is 2.25. The molecule has 1 rings (SSSR count). The molecule has 0 spiro atoms. The SMILES string of the molecule is CCOCCN(CCOCC)c1ccc(C)c(N)c1. The number of nitrogens with two attached hydrogens (primary N) is 1. The molecule has 0 atom stereocenters. The average Bonchev–Trinajstić information content (AvgIpc) is 2.41. The predicted molar refractivity (Wildman–Crippen MR) is 80.8 cm³/mol. The molecule has 0 heterocycles. The molecule has 4 heteroatoms. The molecular formula is C15H26N2O2. The lowest BCUT2D eigenvalue weighted by molar-refractivity contribution is 0.141. The molecule has 0 aliphatic carbocycles. The highest BCUT2D eigenvalue weighted by molar-refractivity contribution is 5.59. The van der Waals surface area contributed by atoms with Crippen molar-refractivity contribution in [1.82, 2.24) is 0 Å². The maximum atomic E-state index is 5.98. The van der Waals surface area contributed by atoms with Crippen LogP contribution in [0.5, 0.6) is 0 Å². The van der Waals surface area contributed by atoms with Crippen molar-refractivity contribution in [2.24, 2.45) is 0 Å². The van der Waals surface area contributed by atoms with Gasteiger partial charge in [0, 0.05) is 37.7 Å². The molecule has 0 saturated carbocycles. The second-order valence-corrected chi connectivity index (χ2v) is 4.42. The Hall–Kier alpha value is -1.26. The fourth-order valence-corrected chi connectivity index (χ4v) is 1.83. The number of hydrogen-bond acceptors (Lipinski definition) is 4. The molecule has 0 aliphatic heterocycles. The molecule has 0 aromatic heterocycles. The van der Waals surface area contributed by atoms with Crippen LogP contribution >= 0.6 is 0 Å². The first kappa shape index (κ1) is 15.8. The van der Waals surface area contributed by atoms with Crippen molar-refractivity contribution in [2.75, 3.05) is 50.2 Å². The largest absolute Gasteiger partial charge is 0.398 e. The van der Waals surface area contributed by atoms with Crippen LogP contribution < -0.4 is 10.6 Å². The molecule has 0 amide bonds. The van der Waals surface area contributed by atoms with Gasteiger partial charge in [0.2, 0.25) is 0 Å². The smallest absolute Gasteiger partial charge is 0.0641 e. The summed E-state index contributed by atoms with van der Waals surface area (Å²) in [5.74, 6) is 0. The Bertz CT molecular complexity index is 359. The van der Waals surface area contributed by atoms with Gasteiger partial charge in [0.15, 0.2) is 0 Å². The van der Waals surface area contributed by atoms with Gasteiger partial charge in [-0.25, -0.2) is 0 Å². The summed E-state index contributed by atoms with van der Waals surface area (Å²) < 4.78 is 10.9. The Balaban J connectivity index is 2.66. The number of nitrogen functional groups attached to an aromatic ring is 1. The number of nitrogens with zero attached hydrogens (tertiary/aromatic N) is 1. The van der Waals surface area contributed by atoms with Crippen molar-refractivity contribution in [2.45, 2.75) is 20.8 Å². The third-order valence-corrected chi connectivity index (χ3v) is 3.05. The zero-order valence-electron chi connectivity index (χ0n) is 12.3. The van der Waals surface area contributed by atoms with Gasteiger partial charge in [-0.2, -0.15) is 0 Å². The minimum atomic E-state index is 0.719. The van der Waals surface area contributed by atoms with Crippen molar-refractivity contribution >= 4 is 11.4 Å². The number of anilines is 2. The van der Waals surface area contributed by atoms with E-state index in [0.29, 0.717) is 0 Å². The topological polar surface area (TPSA) is 47.7 Å². The van der Waals surface area contributed by atoms with Gasteiger partial charge in [0.25, 0.3) is 0 Å². The maximum absolute atomic E-state index is 5.98. The van der Waals surface area contributed by atoms with E-state index in [1.165, 1.54) is 0 Å². The normalized spacial score (nSPS) is 10.7. The van der Waals surface area contributed by atoms with Crippen LogP contribution in [-0.4, -0.2) is 39.5 Å². The quantitative estimate of drug-likeness (QED) is 0.551. The highest BCUT2D eigenvalue weighted by Crippen LogP contribution is 2.20. The highest BCUT2D eigenvalue weighted by Gasteiger charge is 2.07. The molecule has 1 aromatic carbocycles. The average molecular weight is 266 g/mol. The van der Waals surface area contributed by atoms with Crippen molar-refractivity contribution in [3.8, 4) is 0 Å². The summed E-state index contributed by atoms with van der Waals surface area (Å²) in [6, 6.07) is 6.18. The van der Waals surface area contributed by atoms with Gasteiger partial charge >= 0.3 is 0 Å². The van der Waals surface area contributed by atoms with Crippen molar-refractivity contribution in [1.29, 1.82) is 0 Å². The molecule has 0 saturated heterocycles. The van der Waals surface area contributed by atoms with Gasteiger partial charge in [0.05, 0.1) is 13.2 Å². The summed E-state index contributed by atoms with van der Waals surface area (Å²) in [6.07, 6.45) is 0. The minimum Gasteiger partial charge on any atom is -0.398 e. The number of ether oxygens (including phenoxy) is 2. The molecule has 0 bridgehead atoms. The van der Waals surface area contributed by atoms with E-state index in [4.69, 9.17) is 15.2 Å². The number of hydrogen-bond donors (Lipinski definition) is 1. The molecule has 1 aromatic rings. The van der Waals surface area contributed by atoms with Crippen LogP contribution in [0, 0.1) is 6.92 Å². The van der Waals surface area contributed by atoms with E-state index in [2.05, 4.69) is 17.0 Å². The zero-order valence-corrected chi connectivity index (χ0v) is 12.3. The van der Waals surface area contributed by atoms with Crippen LogP contribution in [0.3, 0.4) is 0 Å². The van der Waals surface area contributed by atoms with Crippen molar-refractivity contribution in [3.63, 3.8) is 0 Å². The Morgan fingerprint density at radius 1 is 1.05 bits per heavy atom. The van der Waals surface area contributed by atoms with Crippen LogP contribution in [0.1, 0.15) is 19.4 Å². The highest BCUT2D eigenvalue weighted by atomic mass is 16.5. The summed E-state index contributed by atoms with van der Waals surface area (Å²) in [6.45, 7) is 10.7. The second-order valence-electron chi connectivity index (χ2n) is 4.42. The Morgan fingerprint density at radius 2 is 1.63 bits per heavy atom. The summed E-state index contributed by atoms with van der Waals surface area (Å²) in [5.41, 5.74) is 9.04. The van der Waals surface area contributed by atoms with E-state index in [-0.39, 0.29) is 0 Å². The summed E-state index contributed by atoms with van der Waals surface area (Å²) >= 11 is 0. The van der Waals surface area contributed by atoms with E-state index >= 15 is 0 Å². The lowest BCUT2D eigenvalue weighted by Crippen LogP contribution is -2.31. The van der Waals surface area contributed by atoms with Crippen LogP contribution in [-0.2, 0) is 9.47 Å². The van der Waals surface area contributed by atoms with Gasteiger partial charge in [-0.1, -0.05) is 6.07 Å². The molecule has 19 heavy (non-hydrogen) atoms. The minimum absolute atomic E-state index is 0.719. The first-order chi connectivity index (χ1) is 9.19. The number of rotatable bonds is 9. The molecule has 108 valence electrons. The Morgan fingerprint density at radius 3 is 2.11 bits per heavy atom. The number of aryl methyl sites for hydroxylation is 1. The van der Waals surface area contributed by atoms with Gasteiger partial charge in [0.1, 0.15) is 0 Å². The Kier molecular flexibility index (Phi) is 7.30. The summed E-state index contributed by atoms with van der Waals surface area (Å²) in [5, 5.41) is 0. The lowest BCUT2D eigenvalue weighted by atomic mass is 10.1. The van der Waals surface area contributed by atoms with E-state index in [1.54, 1.807) is 0 Å². The number of benzene rings is 1. The molecule has 0 fully saturated rings.